The molecule has 0 radical (unpaired) electrons. The van der Waals surface area contributed by atoms with Crippen LogP contribution >= 0.6 is 11.6 Å². The van der Waals surface area contributed by atoms with E-state index in [0.717, 1.165) is 38.5 Å². The smallest absolute Gasteiger partial charge is 0.207 e. The van der Waals surface area contributed by atoms with Crippen LogP contribution in [-0.4, -0.2) is 25.8 Å². The number of rotatable bonds is 4. The molecule has 0 saturated heterocycles. The lowest BCUT2D eigenvalue weighted by Crippen LogP contribution is -2.37. The summed E-state index contributed by atoms with van der Waals surface area (Å²) in [5, 5.41) is 0. The van der Waals surface area contributed by atoms with Crippen LogP contribution in [0.3, 0.4) is 0 Å². The second-order valence-electron chi connectivity index (χ2n) is 5.57. The zero-order chi connectivity index (χ0) is 15.5. The monoisotopic (exact) mass is 333 g/mol. The summed E-state index contributed by atoms with van der Waals surface area (Å²) in [4.78, 5) is -0.261. The molecule has 1 aromatic rings. The average molecular weight is 334 g/mol. The Kier molecular flexibility index (Phi) is 5.63. The zero-order valence-electron chi connectivity index (χ0n) is 12.2. The topological polar surface area (TPSA) is 37.4 Å². The van der Waals surface area contributed by atoms with Gasteiger partial charge in [0.2, 0.25) is 10.0 Å². The van der Waals surface area contributed by atoms with E-state index in [1.165, 1.54) is 16.4 Å². The molecule has 6 heteroatoms. The summed E-state index contributed by atoms with van der Waals surface area (Å²) in [6.07, 6.45) is 6.02. The molecule has 1 aliphatic rings. The molecular weight excluding hydrogens is 313 g/mol. The van der Waals surface area contributed by atoms with Crippen LogP contribution in [0.1, 0.15) is 44.1 Å². The quantitative estimate of drug-likeness (QED) is 0.619. The maximum Gasteiger partial charge on any atom is 0.245 e. The summed E-state index contributed by atoms with van der Waals surface area (Å²) in [5.41, 5.74) is 0.574. The predicted molar refractivity (Wildman–Crippen MR) is 82.4 cm³/mol. The van der Waals surface area contributed by atoms with E-state index in [2.05, 4.69) is 0 Å². The van der Waals surface area contributed by atoms with E-state index in [9.17, 15) is 12.8 Å². The number of hydrogen-bond acceptors (Lipinski definition) is 2. The molecule has 21 heavy (non-hydrogen) atoms. The van der Waals surface area contributed by atoms with Gasteiger partial charge in [-0.3, -0.25) is 0 Å². The van der Waals surface area contributed by atoms with E-state index in [1.807, 2.05) is 0 Å². The van der Waals surface area contributed by atoms with E-state index >= 15 is 0 Å². The lowest BCUT2D eigenvalue weighted by atomic mass is 10.1. The van der Waals surface area contributed by atoms with Gasteiger partial charge in [-0.1, -0.05) is 31.7 Å². The molecule has 2 rings (SSSR count). The number of sulfonamides is 1. The molecule has 0 heterocycles. The Morgan fingerprint density at radius 1 is 1.24 bits per heavy atom. The number of benzene rings is 1. The van der Waals surface area contributed by atoms with Gasteiger partial charge in [-0.25, -0.2) is 12.8 Å². The molecule has 0 aliphatic heterocycles. The molecule has 0 amide bonds. The second kappa shape index (κ2) is 7.07. The minimum absolute atomic E-state index is 0.0374. The van der Waals surface area contributed by atoms with Crippen LogP contribution < -0.4 is 0 Å². The fourth-order valence-corrected chi connectivity index (χ4v) is 4.43. The molecule has 0 N–H and O–H groups in total. The van der Waals surface area contributed by atoms with Gasteiger partial charge in [0.25, 0.3) is 0 Å². The molecule has 0 spiro atoms. The first kappa shape index (κ1) is 16.7. The zero-order valence-corrected chi connectivity index (χ0v) is 13.8. The number of halogens is 2. The Bertz CT molecular complexity index is 583. The first-order chi connectivity index (χ1) is 9.96. The molecule has 1 aliphatic carbocycles. The van der Waals surface area contributed by atoms with Crippen LogP contribution in [0.4, 0.5) is 4.39 Å². The molecular formula is C15H21ClFNO2S. The highest BCUT2D eigenvalue weighted by atomic mass is 35.5. The average Bonchev–Trinajstić information content (AvgIpc) is 2.74. The minimum atomic E-state index is -3.80. The summed E-state index contributed by atoms with van der Waals surface area (Å²) < 4.78 is 40.7. The van der Waals surface area contributed by atoms with E-state index < -0.39 is 15.8 Å². The molecule has 0 unspecified atom stereocenters. The van der Waals surface area contributed by atoms with Crippen molar-refractivity contribution < 1.29 is 12.8 Å². The van der Waals surface area contributed by atoms with E-state index in [1.54, 1.807) is 13.1 Å². The highest BCUT2D eigenvalue weighted by Gasteiger charge is 2.30. The molecule has 1 saturated carbocycles. The Morgan fingerprint density at radius 3 is 2.38 bits per heavy atom. The first-order valence-electron chi connectivity index (χ1n) is 7.29. The van der Waals surface area contributed by atoms with Gasteiger partial charge >= 0.3 is 0 Å². The lowest BCUT2D eigenvalue weighted by Gasteiger charge is -2.26. The van der Waals surface area contributed by atoms with Crippen molar-refractivity contribution in [1.29, 1.82) is 0 Å². The molecule has 0 atom stereocenters. The van der Waals surface area contributed by atoms with Gasteiger partial charge < -0.3 is 0 Å². The van der Waals surface area contributed by atoms with E-state index in [4.69, 9.17) is 11.6 Å². The van der Waals surface area contributed by atoms with Crippen molar-refractivity contribution in [3.05, 3.63) is 29.6 Å². The Hall–Kier alpha value is -0.650. The van der Waals surface area contributed by atoms with Crippen molar-refractivity contribution in [1.82, 2.24) is 4.31 Å². The van der Waals surface area contributed by atoms with Gasteiger partial charge in [-0.2, -0.15) is 4.31 Å². The number of nitrogens with zero attached hydrogens (tertiary/aromatic N) is 1. The van der Waals surface area contributed by atoms with Crippen LogP contribution in [0.25, 0.3) is 0 Å². The van der Waals surface area contributed by atoms with E-state index in [0.29, 0.717) is 5.56 Å². The molecule has 1 fully saturated rings. The fraction of sp³-hybridized carbons (Fsp3) is 0.600. The van der Waals surface area contributed by atoms with Crippen LogP contribution in [0, 0.1) is 5.82 Å². The Labute approximate surface area is 131 Å². The van der Waals surface area contributed by atoms with Crippen LogP contribution in [0.2, 0.25) is 0 Å². The third-order valence-corrected chi connectivity index (χ3v) is 6.40. The third-order valence-electron chi connectivity index (χ3n) is 4.15. The van der Waals surface area contributed by atoms with Crippen molar-refractivity contribution in [2.45, 2.75) is 55.3 Å². The summed E-state index contributed by atoms with van der Waals surface area (Å²) in [5.74, 6) is -0.566. The normalized spacial score (nSPS) is 17.9. The van der Waals surface area contributed by atoms with Crippen LogP contribution in [0.5, 0.6) is 0 Å². The van der Waals surface area contributed by atoms with Crippen molar-refractivity contribution >= 4 is 21.6 Å². The first-order valence-corrected chi connectivity index (χ1v) is 9.26. The second-order valence-corrected chi connectivity index (χ2v) is 7.80. The van der Waals surface area contributed by atoms with Gasteiger partial charge in [-0.05, 0) is 30.5 Å². The molecule has 1 aromatic carbocycles. The van der Waals surface area contributed by atoms with Crippen LogP contribution in [-0.2, 0) is 15.9 Å². The SMILES string of the molecule is CN(C1CCCCCC1)S(=O)(=O)c1ccc(CCl)cc1F. The van der Waals surface area contributed by atoms with Crippen molar-refractivity contribution in [2.75, 3.05) is 7.05 Å². The third kappa shape index (κ3) is 3.76. The highest BCUT2D eigenvalue weighted by Crippen LogP contribution is 2.27. The maximum atomic E-state index is 14.1. The van der Waals surface area contributed by atoms with Gasteiger partial charge in [0, 0.05) is 19.0 Å². The molecule has 0 aromatic heterocycles. The van der Waals surface area contributed by atoms with Gasteiger partial charge in [0.05, 0.1) is 0 Å². The molecule has 3 nitrogen and oxygen atoms in total. The van der Waals surface area contributed by atoms with Gasteiger partial charge in [0.15, 0.2) is 0 Å². The van der Waals surface area contributed by atoms with Crippen molar-refractivity contribution in [3.63, 3.8) is 0 Å². The predicted octanol–water partition coefficient (Wildman–Crippen LogP) is 3.91. The molecule has 118 valence electrons. The summed E-state index contributed by atoms with van der Waals surface area (Å²) in [6, 6.07) is 4.03. The maximum absolute atomic E-state index is 14.1. The van der Waals surface area contributed by atoms with E-state index in [-0.39, 0.29) is 16.8 Å². The lowest BCUT2D eigenvalue weighted by molar-refractivity contribution is 0.334. The Morgan fingerprint density at radius 2 is 1.86 bits per heavy atom. The number of hydrogen-bond donors (Lipinski definition) is 0. The summed E-state index contributed by atoms with van der Waals surface area (Å²) >= 11 is 5.64. The highest BCUT2D eigenvalue weighted by molar-refractivity contribution is 7.89. The van der Waals surface area contributed by atoms with Gasteiger partial charge in [-0.15, -0.1) is 11.6 Å². The van der Waals surface area contributed by atoms with Crippen LogP contribution in [0.15, 0.2) is 23.1 Å². The fourth-order valence-electron chi connectivity index (χ4n) is 2.81. The summed E-state index contributed by atoms with van der Waals surface area (Å²) in [7, 11) is -2.24. The number of alkyl halides is 1. The Balaban J connectivity index is 2.27. The standard InChI is InChI=1S/C15H21ClFNO2S/c1-18(13-6-4-2-3-5-7-13)21(19,20)15-9-8-12(11-16)10-14(15)17/h8-10,13H,2-7,11H2,1H3. The van der Waals surface area contributed by atoms with Gasteiger partial charge in [0.1, 0.15) is 10.7 Å². The summed E-state index contributed by atoms with van der Waals surface area (Å²) in [6.45, 7) is 0. The van der Waals surface area contributed by atoms with Crippen molar-refractivity contribution in [2.24, 2.45) is 0 Å². The minimum Gasteiger partial charge on any atom is -0.207 e. The molecule has 0 bridgehead atoms. The van der Waals surface area contributed by atoms with Crippen molar-refractivity contribution in [3.8, 4) is 0 Å². The largest absolute Gasteiger partial charge is 0.245 e.